The summed E-state index contributed by atoms with van der Waals surface area (Å²) >= 11 is 17.7. The monoisotopic (exact) mass is 299 g/mol. The van der Waals surface area contributed by atoms with Gasteiger partial charge in [0, 0.05) is 16.8 Å². The molecular weight excluding hydrogens is 293 g/mol. The van der Waals surface area contributed by atoms with Crippen molar-refractivity contribution in [1.29, 1.82) is 0 Å². The van der Waals surface area contributed by atoms with E-state index in [1.54, 1.807) is 36.4 Å². The second-order valence-corrected chi connectivity index (χ2v) is 4.73. The lowest BCUT2D eigenvalue weighted by atomic mass is 10.2. The second kappa shape index (κ2) is 5.61. The van der Waals surface area contributed by atoms with Crippen LogP contribution in [-0.4, -0.2) is 5.91 Å². The van der Waals surface area contributed by atoms with Crippen molar-refractivity contribution in [2.24, 2.45) is 0 Å². The van der Waals surface area contributed by atoms with E-state index >= 15 is 0 Å². The Bertz CT molecular complexity index is 572. The van der Waals surface area contributed by atoms with Gasteiger partial charge in [-0.15, -0.1) is 0 Å². The SMILES string of the molecule is O=C(c1ccc(Cl)cc1Cl)N(Cl)c1ccccc1. The van der Waals surface area contributed by atoms with Gasteiger partial charge >= 0.3 is 0 Å². The van der Waals surface area contributed by atoms with Crippen LogP contribution in [0.15, 0.2) is 48.5 Å². The number of benzene rings is 2. The van der Waals surface area contributed by atoms with Gasteiger partial charge in [-0.25, -0.2) is 4.42 Å². The van der Waals surface area contributed by atoms with Crippen LogP contribution in [-0.2, 0) is 0 Å². The van der Waals surface area contributed by atoms with E-state index in [1.807, 2.05) is 6.07 Å². The molecule has 0 fully saturated rings. The van der Waals surface area contributed by atoms with Gasteiger partial charge in [-0.3, -0.25) is 4.79 Å². The third-order valence-electron chi connectivity index (χ3n) is 2.32. The topological polar surface area (TPSA) is 20.3 Å². The lowest BCUT2D eigenvalue weighted by Gasteiger charge is -2.14. The molecule has 0 aliphatic rings. The molecular formula is C13H8Cl3NO. The lowest BCUT2D eigenvalue weighted by molar-refractivity contribution is 0.101. The first-order valence-electron chi connectivity index (χ1n) is 5.10. The zero-order chi connectivity index (χ0) is 13.1. The van der Waals surface area contributed by atoms with E-state index in [2.05, 4.69) is 0 Å². The standard InChI is InChI=1S/C13H8Cl3NO/c14-9-6-7-11(12(15)8-9)13(18)17(16)10-4-2-1-3-5-10/h1-8H. The van der Waals surface area contributed by atoms with Crippen molar-refractivity contribution < 1.29 is 4.79 Å². The molecule has 0 saturated carbocycles. The lowest BCUT2D eigenvalue weighted by Crippen LogP contribution is -2.20. The molecule has 0 aliphatic heterocycles. The smallest absolute Gasteiger partial charge is 0.267 e. The Morgan fingerprint density at radius 3 is 2.28 bits per heavy atom. The minimum absolute atomic E-state index is 0.272. The molecule has 92 valence electrons. The van der Waals surface area contributed by atoms with Gasteiger partial charge in [0.15, 0.2) is 0 Å². The molecule has 5 heteroatoms. The molecule has 2 aromatic carbocycles. The van der Waals surface area contributed by atoms with E-state index in [1.165, 1.54) is 6.07 Å². The van der Waals surface area contributed by atoms with Crippen LogP contribution < -0.4 is 4.42 Å². The molecule has 0 heterocycles. The maximum Gasteiger partial charge on any atom is 0.274 e. The van der Waals surface area contributed by atoms with Crippen LogP contribution >= 0.6 is 35.0 Å². The molecule has 0 radical (unpaired) electrons. The van der Waals surface area contributed by atoms with Crippen LogP contribution in [0.25, 0.3) is 0 Å². The second-order valence-electron chi connectivity index (χ2n) is 3.55. The minimum atomic E-state index is -0.399. The number of para-hydroxylation sites is 1. The number of carbonyl (C=O) groups is 1. The van der Waals surface area contributed by atoms with Gasteiger partial charge in [0.25, 0.3) is 5.91 Å². The number of hydrogen-bond donors (Lipinski definition) is 0. The molecule has 0 bridgehead atoms. The van der Waals surface area contributed by atoms with Crippen molar-refractivity contribution >= 4 is 46.6 Å². The fourth-order valence-corrected chi connectivity index (χ4v) is 2.14. The zero-order valence-electron chi connectivity index (χ0n) is 9.11. The molecule has 2 aromatic rings. The highest BCUT2D eigenvalue weighted by atomic mass is 35.5. The molecule has 0 aromatic heterocycles. The Labute approximate surface area is 120 Å². The maximum atomic E-state index is 12.1. The van der Waals surface area contributed by atoms with Crippen molar-refractivity contribution in [2.45, 2.75) is 0 Å². The van der Waals surface area contributed by atoms with Crippen molar-refractivity contribution in [3.8, 4) is 0 Å². The number of hydrogen-bond acceptors (Lipinski definition) is 1. The number of nitrogens with zero attached hydrogens (tertiary/aromatic N) is 1. The number of amides is 1. The van der Waals surface area contributed by atoms with Gasteiger partial charge < -0.3 is 0 Å². The molecule has 0 saturated heterocycles. The van der Waals surface area contributed by atoms with Crippen LogP contribution in [0.1, 0.15) is 10.4 Å². The Hall–Kier alpha value is -1.22. The van der Waals surface area contributed by atoms with Crippen LogP contribution in [0, 0.1) is 0 Å². The Morgan fingerprint density at radius 2 is 1.67 bits per heavy atom. The van der Waals surface area contributed by atoms with Crippen molar-refractivity contribution in [3.63, 3.8) is 0 Å². The van der Waals surface area contributed by atoms with Crippen LogP contribution in [0.2, 0.25) is 10.0 Å². The molecule has 18 heavy (non-hydrogen) atoms. The average molecular weight is 301 g/mol. The van der Waals surface area contributed by atoms with E-state index in [4.69, 9.17) is 35.0 Å². The normalized spacial score (nSPS) is 10.2. The van der Waals surface area contributed by atoms with Crippen molar-refractivity contribution in [2.75, 3.05) is 4.42 Å². The summed E-state index contributed by atoms with van der Waals surface area (Å²) in [4.78, 5) is 12.1. The predicted molar refractivity (Wildman–Crippen MR) is 75.6 cm³/mol. The summed E-state index contributed by atoms with van der Waals surface area (Å²) in [6.45, 7) is 0. The van der Waals surface area contributed by atoms with Crippen molar-refractivity contribution in [1.82, 2.24) is 0 Å². The first-order chi connectivity index (χ1) is 8.59. The summed E-state index contributed by atoms with van der Waals surface area (Å²) in [5, 5.41) is 0.742. The van der Waals surface area contributed by atoms with E-state index in [0.717, 1.165) is 4.42 Å². The summed E-state index contributed by atoms with van der Waals surface area (Å²) < 4.78 is 1.02. The Balaban J connectivity index is 2.32. The third kappa shape index (κ3) is 2.78. The molecule has 0 unspecified atom stereocenters. The van der Waals surface area contributed by atoms with Gasteiger partial charge in [-0.05, 0) is 30.3 Å². The van der Waals surface area contributed by atoms with E-state index < -0.39 is 5.91 Å². The highest BCUT2D eigenvalue weighted by molar-refractivity contribution is 6.43. The molecule has 0 atom stereocenters. The highest BCUT2D eigenvalue weighted by Gasteiger charge is 2.18. The van der Waals surface area contributed by atoms with Crippen LogP contribution in [0.5, 0.6) is 0 Å². The Kier molecular flexibility index (Phi) is 4.12. The summed E-state index contributed by atoms with van der Waals surface area (Å²) in [6, 6.07) is 13.5. The zero-order valence-corrected chi connectivity index (χ0v) is 11.4. The van der Waals surface area contributed by atoms with Gasteiger partial charge in [-0.1, -0.05) is 41.4 Å². The first kappa shape index (κ1) is 13.2. The van der Waals surface area contributed by atoms with E-state index in [9.17, 15) is 4.79 Å². The average Bonchev–Trinajstić information content (AvgIpc) is 2.38. The van der Waals surface area contributed by atoms with Gasteiger partial charge in [-0.2, -0.15) is 0 Å². The number of halogens is 3. The van der Waals surface area contributed by atoms with Crippen LogP contribution in [0.3, 0.4) is 0 Å². The molecule has 1 amide bonds. The minimum Gasteiger partial charge on any atom is -0.267 e. The molecule has 0 aliphatic carbocycles. The maximum absolute atomic E-state index is 12.1. The highest BCUT2D eigenvalue weighted by Crippen LogP contribution is 2.25. The summed E-state index contributed by atoms with van der Waals surface area (Å²) in [5.74, 6) is -0.399. The van der Waals surface area contributed by atoms with Gasteiger partial charge in [0.2, 0.25) is 0 Å². The fourth-order valence-electron chi connectivity index (χ4n) is 1.44. The number of carbonyl (C=O) groups excluding carboxylic acids is 1. The largest absolute Gasteiger partial charge is 0.274 e. The fraction of sp³-hybridized carbons (Fsp3) is 0. The molecule has 2 nitrogen and oxygen atoms in total. The first-order valence-corrected chi connectivity index (χ1v) is 6.19. The summed E-state index contributed by atoms with van der Waals surface area (Å²) in [7, 11) is 0. The number of rotatable bonds is 2. The van der Waals surface area contributed by atoms with Gasteiger partial charge in [0.1, 0.15) is 0 Å². The molecule has 0 N–H and O–H groups in total. The quantitative estimate of drug-likeness (QED) is 0.730. The molecule has 2 rings (SSSR count). The Morgan fingerprint density at radius 1 is 1.00 bits per heavy atom. The van der Waals surface area contributed by atoms with E-state index in [-0.39, 0.29) is 5.02 Å². The summed E-state index contributed by atoms with van der Waals surface area (Å²) in [6.07, 6.45) is 0. The third-order valence-corrected chi connectivity index (χ3v) is 3.22. The summed E-state index contributed by atoms with van der Waals surface area (Å²) in [5.41, 5.74) is 0.884. The number of anilines is 1. The van der Waals surface area contributed by atoms with Crippen LogP contribution in [0.4, 0.5) is 5.69 Å². The van der Waals surface area contributed by atoms with Gasteiger partial charge in [0.05, 0.1) is 16.3 Å². The van der Waals surface area contributed by atoms with Crippen molar-refractivity contribution in [3.05, 3.63) is 64.1 Å². The van der Waals surface area contributed by atoms with E-state index in [0.29, 0.717) is 16.3 Å². The molecule has 0 spiro atoms. The predicted octanol–water partition coefficient (Wildman–Crippen LogP) is 4.79.